The Morgan fingerprint density at radius 3 is 2.62 bits per heavy atom. The summed E-state index contributed by atoms with van der Waals surface area (Å²) in [7, 11) is 0. The summed E-state index contributed by atoms with van der Waals surface area (Å²) in [5, 5.41) is 0.965. The molecule has 0 radical (unpaired) electrons. The molecule has 1 aromatic carbocycles. The molecule has 1 fully saturated rings. The zero-order chi connectivity index (χ0) is 17.3. The highest BCUT2D eigenvalue weighted by Gasteiger charge is 2.35. The second-order valence-electron chi connectivity index (χ2n) is 5.88. The number of amides is 1. The number of alkyl halides is 3. The molecule has 1 saturated heterocycles. The van der Waals surface area contributed by atoms with E-state index in [1.807, 2.05) is 31.2 Å². The van der Waals surface area contributed by atoms with E-state index < -0.39 is 18.6 Å². The molecule has 0 saturated carbocycles. The summed E-state index contributed by atoms with van der Waals surface area (Å²) in [6.45, 7) is 1.43. The summed E-state index contributed by atoms with van der Waals surface area (Å²) >= 11 is 0. The summed E-state index contributed by atoms with van der Waals surface area (Å²) in [5.41, 5.74) is 1.67. The molecule has 0 aliphatic carbocycles. The third-order valence-electron chi connectivity index (χ3n) is 3.97. The standard InChI is InChI=1S/C16H17F3N4O/c1-11-12-4-2-3-5-13(12)21-14(20-11)8-22-6-7-23(15(24)9-22)10-16(17,18)19/h2-5H,6-10H2,1H3. The number of halogens is 3. The van der Waals surface area contributed by atoms with Crippen molar-refractivity contribution in [2.75, 3.05) is 26.2 Å². The predicted octanol–water partition coefficient (Wildman–Crippen LogP) is 2.14. The molecule has 0 N–H and O–H groups in total. The molecule has 0 unspecified atom stereocenters. The maximum atomic E-state index is 12.4. The number of nitrogens with zero attached hydrogens (tertiary/aromatic N) is 4. The summed E-state index contributed by atoms with van der Waals surface area (Å²) < 4.78 is 37.3. The first-order valence-electron chi connectivity index (χ1n) is 7.61. The highest BCUT2D eigenvalue weighted by atomic mass is 19.4. The van der Waals surface area contributed by atoms with Gasteiger partial charge in [0.2, 0.25) is 5.91 Å². The number of rotatable bonds is 3. The Hall–Kier alpha value is -2.22. The van der Waals surface area contributed by atoms with Gasteiger partial charge in [0.05, 0.1) is 18.6 Å². The number of fused-ring (bicyclic) bond motifs is 1. The van der Waals surface area contributed by atoms with Crippen LogP contribution in [-0.4, -0.2) is 58.0 Å². The molecule has 0 atom stereocenters. The number of benzene rings is 1. The number of hydrogen-bond donors (Lipinski definition) is 0. The third-order valence-corrected chi connectivity index (χ3v) is 3.97. The Morgan fingerprint density at radius 1 is 1.17 bits per heavy atom. The summed E-state index contributed by atoms with van der Waals surface area (Å²) in [6.07, 6.45) is -4.36. The van der Waals surface area contributed by atoms with Gasteiger partial charge >= 0.3 is 6.18 Å². The van der Waals surface area contributed by atoms with E-state index in [1.165, 1.54) is 0 Å². The fraction of sp³-hybridized carbons (Fsp3) is 0.438. The van der Waals surface area contributed by atoms with Crippen LogP contribution < -0.4 is 0 Å². The van der Waals surface area contributed by atoms with Crippen molar-refractivity contribution in [2.45, 2.75) is 19.6 Å². The van der Waals surface area contributed by atoms with Gasteiger partial charge in [-0.05, 0) is 13.0 Å². The Kier molecular flexibility index (Phi) is 4.40. The molecular weight excluding hydrogens is 321 g/mol. The van der Waals surface area contributed by atoms with Crippen molar-refractivity contribution in [2.24, 2.45) is 0 Å². The van der Waals surface area contributed by atoms with Gasteiger partial charge in [0.25, 0.3) is 0 Å². The van der Waals surface area contributed by atoms with Crippen LogP contribution in [0.3, 0.4) is 0 Å². The van der Waals surface area contributed by atoms with Crippen molar-refractivity contribution < 1.29 is 18.0 Å². The Morgan fingerprint density at radius 2 is 1.92 bits per heavy atom. The number of piperazine rings is 1. The number of aromatic nitrogens is 2. The maximum Gasteiger partial charge on any atom is 0.406 e. The predicted molar refractivity (Wildman–Crippen MR) is 82.2 cm³/mol. The second kappa shape index (κ2) is 6.35. The molecule has 8 heteroatoms. The lowest BCUT2D eigenvalue weighted by Crippen LogP contribution is -2.52. The van der Waals surface area contributed by atoms with E-state index in [0.29, 0.717) is 18.9 Å². The minimum Gasteiger partial charge on any atom is -0.331 e. The first-order valence-corrected chi connectivity index (χ1v) is 7.61. The van der Waals surface area contributed by atoms with Crippen LogP contribution in [0.2, 0.25) is 0 Å². The van der Waals surface area contributed by atoms with E-state index in [1.54, 1.807) is 4.90 Å². The van der Waals surface area contributed by atoms with Crippen molar-refractivity contribution in [3.05, 3.63) is 35.8 Å². The quantitative estimate of drug-likeness (QED) is 0.860. The van der Waals surface area contributed by atoms with Crippen molar-refractivity contribution >= 4 is 16.8 Å². The van der Waals surface area contributed by atoms with E-state index in [4.69, 9.17) is 0 Å². The Balaban J connectivity index is 1.69. The van der Waals surface area contributed by atoms with Gasteiger partial charge in [-0.3, -0.25) is 9.69 Å². The molecule has 128 valence electrons. The average Bonchev–Trinajstić information content (AvgIpc) is 2.49. The molecule has 2 aromatic rings. The van der Waals surface area contributed by atoms with Crippen LogP contribution in [0, 0.1) is 6.92 Å². The monoisotopic (exact) mass is 338 g/mol. The normalized spacial score (nSPS) is 16.8. The van der Waals surface area contributed by atoms with Crippen molar-refractivity contribution in [3.63, 3.8) is 0 Å². The summed E-state index contributed by atoms with van der Waals surface area (Å²) in [4.78, 5) is 23.4. The molecule has 3 rings (SSSR count). The summed E-state index contributed by atoms with van der Waals surface area (Å²) in [6, 6.07) is 7.63. The molecule has 1 aromatic heterocycles. The van der Waals surface area contributed by atoms with Crippen LogP contribution in [0.15, 0.2) is 24.3 Å². The third kappa shape index (κ3) is 3.81. The van der Waals surface area contributed by atoms with Crippen LogP contribution in [0.4, 0.5) is 13.2 Å². The topological polar surface area (TPSA) is 49.3 Å². The van der Waals surface area contributed by atoms with Gasteiger partial charge in [0.1, 0.15) is 12.4 Å². The highest BCUT2D eigenvalue weighted by Crippen LogP contribution is 2.19. The van der Waals surface area contributed by atoms with Gasteiger partial charge in [-0.1, -0.05) is 18.2 Å². The van der Waals surface area contributed by atoms with Crippen molar-refractivity contribution in [3.8, 4) is 0 Å². The van der Waals surface area contributed by atoms with Gasteiger partial charge in [-0.25, -0.2) is 9.97 Å². The van der Waals surface area contributed by atoms with Crippen LogP contribution in [0.1, 0.15) is 11.5 Å². The van der Waals surface area contributed by atoms with Gasteiger partial charge < -0.3 is 4.90 Å². The van der Waals surface area contributed by atoms with Crippen molar-refractivity contribution in [1.29, 1.82) is 0 Å². The molecule has 2 heterocycles. The highest BCUT2D eigenvalue weighted by molar-refractivity contribution is 5.80. The molecule has 0 bridgehead atoms. The van der Waals surface area contributed by atoms with Gasteiger partial charge in [0.15, 0.2) is 0 Å². The largest absolute Gasteiger partial charge is 0.406 e. The summed E-state index contributed by atoms with van der Waals surface area (Å²) in [5.74, 6) is 0.0550. The molecule has 0 spiro atoms. The maximum absolute atomic E-state index is 12.4. The zero-order valence-electron chi connectivity index (χ0n) is 13.2. The minimum absolute atomic E-state index is 0.0503. The number of para-hydroxylation sites is 1. The van der Waals surface area contributed by atoms with E-state index in [0.717, 1.165) is 21.5 Å². The number of aryl methyl sites for hydroxylation is 1. The number of carbonyl (C=O) groups is 1. The minimum atomic E-state index is -4.36. The molecule has 1 aliphatic rings. The first-order chi connectivity index (χ1) is 11.3. The fourth-order valence-electron chi connectivity index (χ4n) is 2.84. The van der Waals surface area contributed by atoms with Gasteiger partial charge in [0, 0.05) is 24.2 Å². The smallest absolute Gasteiger partial charge is 0.331 e. The lowest BCUT2D eigenvalue weighted by Gasteiger charge is -2.34. The van der Waals surface area contributed by atoms with Crippen LogP contribution >= 0.6 is 0 Å². The Bertz CT molecular complexity index is 763. The molecular formula is C16H17F3N4O. The molecule has 1 aliphatic heterocycles. The SMILES string of the molecule is Cc1nc(CN2CCN(CC(F)(F)F)C(=O)C2)nc2ccccc12. The molecule has 1 amide bonds. The van der Waals surface area contributed by atoms with E-state index in [9.17, 15) is 18.0 Å². The Labute approximate surface area is 137 Å². The molecule has 5 nitrogen and oxygen atoms in total. The van der Waals surface area contributed by atoms with E-state index in [2.05, 4.69) is 9.97 Å². The second-order valence-corrected chi connectivity index (χ2v) is 5.88. The lowest BCUT2D eigenvalue weighted by molar-refractivity contribution is -0.165. The van der Waals surface area contributed by atoms with Crippen molar-refractivity contribution in [1.82, 2.24) is 19.8 Å². The van der Waals surface area contributed by atoms with Crippen LogP contribution in [0.25, 0.3) is 10.9 Å². The number of hydrogen-bond acceptors (Lipinski definition) is 4. The van der Waals surface area contributed by atoms with Gasteiger partial charge in [-0.2, -0.15) is 13.2 Å². The van der Waals surface area contributed by atoms with Crippen LogP contribution in [0.5, 0.6) is 0 Å². The van der Waals surface area contributed by atoms with E-state index in [-0.39, 0.29) is 13.1 Å². The van der Waals surface area contributed by atoms with Crippen LogP contribution in [-0.2, 0) is 11.3 Å². The number of carbonyl (C=O) groups excluding carboxylic acids is 1. The van der Waals surface area contributed by atoms with Gasteiger partial charge in [-0.15, -0.1) is 0 Å². The lowest BCUT2D eigenvalue weighted by atomic mass is 10.2. The zero-order valence-corrected chi connectivity index (χ0v) is 13.2. The molecule has 24 heavy (non-hydrogen) atoms. The first kappa shape index (κ1) is 16.6. The average molecular weight is 338 g/mol. The van der Waals surface area contributed by atoms with E-state index >= 15 is 0 Å². The fourth-order valence-corrected chi connectivity index (χ4v) is 2.84.